The van der Waals surface area contributed by atoms with Gasteiger partial charge < -0.3 is 9.47 Å². The maximum absolute atomic E-state index is 13.4. The van der Waals surface area contributed by atoms with Gasteiger partial charge in [-0.15, -0.1) is 0 Å². The molecule has 0 amide bonds. The molecule has 0 unspecified atom stereocenters. The Bertz CT molecular complexity index is 1440. The molecule has 0 fully saturated rings. The average molecular weight is 495 g/mol. The summed E-state index contributed by atoms with van der Waals surface area (Å²) in [4.78, 5) is 18.0. The second kappa shape index (κ2) is 10.7. The molecule has 0 N–H and O–H groups in total. The molecule has 0 aliphatic rings. The standard InChI is InChI=1S/C28H25F3N2O3/c1-3-4-18-36-26-20(8-7-9-23(26)35-2)13-16-22-25(19-11-14-21(15-12-19)28(29,30)31)27(34)33-17-6-5-10-24(33)32-22/h5-17H,3-4,18H2,1-2H3. The van der Waals surface area contributed by atoms with Crippen LogP contribution in [0.25, 0.3) is 28.9 Å². The molecule has 0 saturated carbocycles. The smallest absolute Gasteiger partial charge is 0.416 e. The van der Waals surface area contributed by atoms with E-state index in [0.29, 0.717) is 35.0 Å². The number of halogens is 3. The number of pyridine rings is 1. The largest absolute Gasteiger partial charge is 0.493 e. The van der Waals surface area contributed by atoms with E-state index in [0.717, 1.165) is 30.5 Å². The summed E-state index contributed by atoms with van der Waals surface area (Å²) in [5.74, 6) is 1.14. The van der Waals surface area contributed by atoms with E-state index in [-0.39, 0.29) is 11.1 Å². The summed E-state index contributed by atoms with van der Waals surface area (Å²) in [6.07, 6.45) is 2.39. The van der Waals surface area contributed by atoms with E-state index in [2.05, 4.69) is 11.9 Å². The summed E-state index contributed by atoms with van der Waals surface area (Å²) in [6.45, 7) is 2.59. The molecule has 0 aliphatic heterocycles. The quantitative estimate of drug-likeness (QED) is 0.255. The first-order valence-electron chi connectivity index (χ1n) is 11.5. The van der Waals surface area contributed by atoms with Crippen molar-refractivity contribution in [3.63, 3.8) is 0 Å². The molecule has 0 atom stereocenters. The first kappa shape index (κ1) is 25.0. The molecule has 2 aromatic heterocycles. The predicted octanol–water partition coefficient (Wildman–Crippen LogP) is 6.74. The predicted molar refractivity (Wildman–Crippen MR) is 134 cm³/mol. The summed E-state index contributed by atoms with van der Waals surface area (Å²) in [7, 11) is 1.56. The Kier molecular flexibility index (Phi) is 7.43. The van der Waals surface area contributed by atoms with Crippen molar-refractivity contribution < 1.29 is 22.6 Å². The fraction of sp³-hybridized carbons (Fsp3) is 0.214. The SMILES string of the molecule is CCCCOc1c(C=Cc2nc3ccccn3c(=O)c2-c2ccc(C(F)(F)F)cc2)cccc1OC. The van der Waals surface area contributed by atoms with Crippen LogP contribution in [-0.4, -0.2) is 23.1 Å². The number of rotatable bonds is 8. The van der Waals surface area contributed by atoms with Gasteiger partial charge in [0.15, 0.2) is 11.5 Å². The first-order chi connectivity index (χ1) is 17.3. The van der Waals surface area contributed by atoms with E-state index in [4.69, 9.17) is 9.47 Å². The molecular formula is C28H25F3N2O3. The Morgan fingerprint density at radius 2 is 1.78 bits per heavy atom. The summed E-state index contributed by atoms with van der Waals surface area (Å²) < 4.78 is 52.1. The average Bonchev–Trinajstić information content (AvgIpc) is 2.87. The first-order valence-corrected chi connectivity index (χ1v) is 11.5. The van der Waals surface area contributed by atoms with Gasteiger partial charge >= 0.3 is 6.18 Å². The highest BCUT2D eigenvalue weighted by atomic mass is 19.4. The van der Waals surface area contributed by atoms with Crippen molar-refractivity contribution in [2.45, 2.75) is 25.9 Å². The van der Waals surface area contributed by atoms with E-state index >= 15 is 0 Å². The van der Waals surface area contributed by atoms with Crippen LogP contribution in [0.3, 0.4) is 0 Å². The minimum absolute atomic E-state index is 0.194. The topological polar surface area (TPSA) is 52.8 Å². The van der Waals surface area contributed by atoms with Gasteiger partial charge in [-0.1, -0.05) is 43.7 Å². The Morgan fingerprint density at radius 3 is 2.47 bits per heavy atom. The Balaban J connectivity index is 1.84. The van der Waals surface area contributed by atoms with Crippen LogP contribution in [-0.2, 0) is 6.18 Å². The van der Waals surface area contributed by atoms with Crippen molar-refractivity contribution >= 4 is 17.8 Å². The molecule has 8 heteroatoms. The van der Waals surface area contributed by atoms with Gasteiger partial charge in [0.1, 0.15) is 5.65 Å². The van der Waals surface area contributed by atoms with Crippen molar-refractivity contribution in [1.29, 1.82) is 0 Å². The molecule has 0 radical (unpaired) electrons. The summed E-state index contributed by atoms with van der Waals surface area (Å²) in [5.41, 5.74) is 0.825. The zero-order valence-corrected chi connectivity index (χ0v) is 19.9. The van der Waals surface area contributed by atoms with Gasteiger partial charge in [-0.2, -0.15) is 13.2 Å². The molecule has 4 aromatic rings. The monoisotopic (exact) mass is 494 g/mol. The lowest BCUT2D eigenvalue weighted by molar-refractivity contribution is -0.137. The number of methoxy groups -OCH3 is 1. The van der Waals surface area contributed by atoms with Gasteiger partial charge in [-0.05, 0) is 54.5 Å². The third-order valence-corrected chi connectivity index (χ3v) is 5.66. The zero-order valence-electron chi connectivity index (χ0n) is 19.9. The fourth-order valence-electron chi connectivity index (χ4n) is 3.79. The number of hydrogen-bond acceptors (Lipinski definition) is 4. The number of alkyl halides is 3. The van der Waals surface area contributed by atoms with Crippen LogP contribution < -0.4 is 15.0 Å². The lowest BCUT2D eigenvalue weighted by Gasteiger charge is -2.13. The highest BCUT2D eigenvalue weighted by molar-refractivity contribution is 5.81. The van der Waals surface area contributed by atoms with Crippen LogP contribution in [0.5, 0.6) is 11.5 Å². The van der Waals surface area contributed by atoms with Gasteiger partial charge in [0.05, 0.1) is 30.5 Å². The van der Waals surface area contributed by atoms with Crippen molar-refractivity contribution in [2.75, 3.05) is 13.7 Å². The Labute approximate surface area is 206 Å². The van der Waals surface area contributed by atoms with E-state index in [1.807, 2.05) is 12.1 Å². The molecule has 0 aliphatic carbocycles. The number of benzene rings is 2. The molecule has 2 heterocycles. The molecule has 0 saturated heterocycles. The second-order valence-corrected chi connectivity index (χ2v) is 8.10. The third kappa shape index (κ3) is 5.27. The molecule has 186 valence electrons. The lowest BCUT2D eigenvalue weighted by Crippen LogP contribution is -2.18. The Hall–Kier alpha value is -4.07. The molecular weight excluding hydrogens is 469 g/mol. The van der Waals surface area contributed by atoms with Gasteiger partial charge in [0.2, 0.25) is 0 Å². The lowest BCUT2D eigenvalue weighted by atomic mass is 10.0. The van der Waals surface area contributed by atoms with E-state index < -0.39 is 11.7 Å². The summed E-state index contributed by atoms with van der Waals surface area (Å²) in [6, 6.07) is 15.1. The minimum Gasteiger partial charge on any atom is -0.493 e. The van der Waals surface area contributed by atoms with Crippen molar-refractivity contribution in [3.05, 3.63) is 94.0 Å². The van der Waals surface area contributed by atoms with Gasteiger partial charge in [-0.3, -0.25) is 9.20 Å². The number of unbranched alkanes of at least 4 members (excludes halogenated alkanes) is 1. The maximum atomic E-state index is 13.4. The number of aromatic nitrogens is 2. The number of ether oxygens (including phenoxy) is 2. The van der Waals surface area contributed by atoms with Crippen molar-refractivity contribution in [1.82, 2.24) is 9.38 Å². The molecule has 5 nitrogen and oxygen atoms in total. The second-order valence-electron chi connectivity index (χ2n) is 8.10. The van der Waals surface area contributed by atoms with Crippen molar-refractivity contribution in [3.8, 4) is 22.6 Å². The molecule has 0 bridgehead atoms. The van der Waals surface area contributed by atoms with E-state index in [9.17, 15) is 18.0 Å². The van der Waals surface area contributed by atoms with Crippen LogP contribution in [0, 0.1) is 0 Å². The highest BCUT2D eigenvalue weighted by Gasteiger charge is 2.30. The Morgan fingerprint density at radius 1 is 1.00 bits per heavy atom. The third-order valence-electron chi connectivity index (χ3n) is 5.66. The molecule has 4 rings (SSSR count). The van der Waals surface area contributed by atoms with E-state index in [1.165, 1.54) is 16.5 Å². The minimum atomic E-state index is -4.47. The highest BCUT2D eigenvalue weighted by Crippen LogP contribution is 2.34. The fourth-order valence-corrected chi connectivity index (χ4v) is 3.79. The number of nitrogens with zero attached hydrogens (tertiary/aromatic N) is 2. The summed E-state index contributed by atoms with van der Waals surface area (Å²) in [5, 5.41) is 0. The van der Waals surface area contributed by atoms with Crippen LogP contribution in [0.15, 0.2) is 71.7 Å². The van der Waals surface area contributed by atoms with Gasteiger partial charge in [0, 0.05) is 11.8 Å². The maximum Gasteiger partial charge on any atom is 0.416 e. The van der Waals surface area contributed by atoms with Crippen LogP contribution >= 0.6 is 0 Å². The van der Waals surface area contributed by atoms with Crippen LogP contribution in [0.4, 0.5) is 13.2 Å². The van der Waals surface area contributed by atoms with Gasteiger partial charge in [0.25, 0.3) is 5.56 Å². The van der Waals surface area contributed by atoms with Crippen molar-refractivity contribution in [2.24, 2.45) is 0 Å². The van der Waals surface area contributed by atoms with Crippen LogP contribution in [0.2, 0.25) is 0 Å². The zero-order chi connectivity index (χ0) is 25.7. The molecule has 0 spiro atoms. The summed E-state index contributed by atoms with van der Waals surface area (Å²) >= 11 is 0. The van der Waals surface area contributed by atoms with Gasteiger partial charge in [-0.25, -0.2) is 4.98 Å². The number of fused-ring (bicyclic) bond motifs is 1. The molecule has 36 heavy (non-hydrogen) atoms. The van der Waals surface area contributed by atoms with Crippen LogP contribution in [0.1, 0.15) is 36.6 Å². The molecule has 2 aromatic carbocycles. The number of para-hydroxylation sites is 1. The van der Waals surface area contributed by atoms with E-state index in [1.54, 1.807) is 49.7 Å². The number of hydrogen-bond donors (Lipinski definition) is 0. The normalized spacial score (nSPS) is 11.8.